The zero-order valence-corrected chi connectivity index (χ0v) is 13.3. The number of pyridine rings is 1. The standard InChI is InChI=1S/C18H18N4O2/c1-13(9-10-14-6-3-2-4-7-14)20-17(23)18-21-16(22-24-18)15-8-5-11-19-12-15/h2-8,11-13H,9-10H2,1H3,(H,20,23)/t13-/m1/s1. The Balaban J connectivity index is 1.56. The second-order valence-corrected chi connectivity index (χ2v) is 5.56. The molecule has 6 heteroatoms. The molecule has 1 atom stereocenters. The summed E-state index contributed by atoms with van der Waals surface area (Å²) < 4.78 is 5.04. The van der Waals surface area contributed by atoms with Crippen LogP contribution in [0.3, 0.4) is 0 Å². The van der Waals surface area contributed by atoms with E-state index in [1.165, 1.54) is 5.56 Å². The number of nitrogens with one attached hydrogen (secondary N) is 1. The summed E-state index contributed by atoms with van der Waals surface area (Å²) in [5.74, 6) is -0.0520. The number of carbonyl (C=O) groups excluding carboxylic acids is 1. The Hall–Kier alpha value is -3.02. The first kappa shape index (κ1) is 15.9. The van der Waals surface area contributed by atoms with Crippen LogP contribution in [0.4, 0.5) is 0 Å². The summed E-state index contributed by atoms with van der Waals surface area (Å²) in [4.78, 5) is 20.3. The van der Waals surface area contributed by atoms with E-state index in [0.29, 0.717) is 11.4 Å². The van der Waals surface area contributed by atoms with Crippen LogP contribution in [-0.4, -0.2) is 27.1 Å². The molecule has 6 nitrogen and oxygen atoms in total. The fourth-order valence-electron chi connectivity index (χ4n) is 2.31. The topological polar surface area (TPSA) is 80.9 Å². The van der Waals surface area contributed by atoms with Crippen molar-refractivity contribution < 1.29 is 9.32 Å². The molecule has 0 saturated carbocycles. The summed E-state index contributed by atoms with van der Waals surface area (Å²) in [5.41, 5.74) is 1.95. The van der Waals surface area contributed by atoms with Gasteiger partial charge in [0, 0.05) is 24.0 Å². The van der Waals surface area contributed by atoms with Crippen molar-refractivity contribution in [2.45, 2.75) is 25.8 Å². The number of carbonyl (C=O) groups is 1. The van der Waals surface area contributed by atoms with Gasteiger partial charge in [0.1, 0.15) is 0 Å². The van der Waals surface area contributed by atoms with Gasteiger partial charge in [-0.1, -0.05) is 35.5 Å². The van der Waals surface area contributed by atoms with Gasteiger partial charge in [0.25, 0.3) is 0 Å². The molecule has 3 aromatic rings. The third-order valence-corrected chi connectivity index (χ3v) is 3.63. The molecule has 0 aliphatic rings. The maximum atomic E-state index is 12.2. The van der Waals surface area contributed by atoms with Crippen molar-refractivity contribution in [1.29, 1.82) is 0 Å². The van der Waals surface area contributed by atoms with Crippen molar-refractivity contribution in [1.82, 2.24) is 20.4 Å². The third kappa shape index (κ3) is 4.04. The molecule has 2 heterocycles. The van der Waals surface area contributed by atoms with E-state index in [1.807, 2.05) is 31.2 Å². The largest absolute Gasteiger partial charge is 0.345 e. The number of amides is 1. The molecule has 3 rings (SSSR count). The Bertz CT molecular complexity index is 787. The fraction of sp³-hybridized carbons (Fsp3) is 0.222. The number of rotatable bonds is 6. The van der Waals surface area contributed by atoms with Crippen LogP contribution in [0.25, 0.3) is 11.4 Å². The predicted molar refractivity (Wildman–Crippen MR) is 89.2 cm³/mol. The molecule has 0 unspecified atom stereocenters. The molecule has 1 aromatic carbocycles. The zero-order valence-electron chi connectivity index (χ0n) is 13.3. The number of aromatic nitrogens is 3. The summed E-state index contributed by atoms with van der Waals surface area (Å²) in [6, 6.07) is 13.8. The Labute approximate surface area is 139 Å². The highest BCUT2D eigenvalue weighted by Gasteiger charge is 2.18. The summed E-state index contributed by atoms with van der Waals surface area (Å²) in [6.07, 6.45) is 5.01. The van der Waals surface area contributed by atoms with Crippen molar-refractivity contribution in [2.75, 3.05) is 0 Å². The molecule has 122 valence electrons. The van der Waals surface area contributed by atoms with Crippen LogP contribution in [0.5, 0.6) is 0 Å². The van der Waals surface area contributed by atoms with Gasteiger partial charge in [-0.15, -0.1) is 0 Å². The molecule has 0 spiro atoms. The number of hydrogen-bond donors (Lipinski definition) is 1. The van der Waals surface area contributed by atoms with Gasteiger partial charge < -0.3 is 9.84 Å². The van der Waals surface area contributed by atoms with Crippen LogP contribution in [0.2, 0.25) is 0 Å². The maximum Gasteiger partial charge on any atom is 0.316 e. The van der Waals surface area contributed by atoms with Gasteiger partial charge in [-0.25, -0.2) is 0 Å². The monoisotopic (exact) mass is 322 g/mol. The van der Waals surface area contributed by atoms with Gasteiger partial charge in [-0.2, -0.15) is 4.98 Å². The zero-order chi connectivity index (χ0) is 16.8. The van der Waals surface area contributed by atoms with Crippen molar-refractivity contribution in [3.05, 3.63) is 66.3 Å². The molecule has 1 N–H and O–H groups in total. The Morgan fingerprint density at radius 2 is 2.04 bits per heavy atom. The van der Waals surface area contributed by atoms with Crippen LogP contribution in [0.1, 0.15) is 29.6 Å². The lowest BCUT2D eigenvalue weighted by Gasteiger charge is -2.12. The molecule has 0 saturated heterocycles. The van der Waals surface area contributed by atoms with Crippen molar-refractivity contribution in [2.24, 2.45) is 0 Å². The van der Waals surface area contributed by atoms with E-state index < -0.39 is 0 Å². The van der Waals surface area contributed by atoms with Crippen molar-refractivity contribution in [3.63, 3.8) is 0 Å². The van der Waals surface area contributed by atoms with Crippen LogP contribution in [-0.2, 0) is 6.42 Å². The molecule has 2 aromatic heterocycles. The SMILES string of the molecule is C[C@H](CCc1ccccc1)NC(=O)c1nc(-c2cccnc2)no1. The second-order valence-electron chi connectivity index (χ2n) is 5.56. The van der Waals surface area contributed by atoms with E-state index in [0.717, 1.165) is 12.8 Å². The number of aryl methyl sites for hydroxylation is 1. The van der Waals surface area contributed by atoms with Gasteiger partial charge in [0.15, 0.2) is 0 Å². The first-order chi connectivity index (χ1) is 11.7. The Kier molecular flexibility index (Phi) is 4.96. The number of benzene rings is 1. The van der Waals surface area contributed by atoms with Crippen LogP contribution in [0, 0.1) is 0 Å². The number of nitrogens with zero attached hydrogens (tertiary/aromatic N) is 3. The van der Waals surface area contributed by atoms with Gasteiger partial charge in [0.2, 0.25) is 5.82 Å². The van der Waals surface area contributed by atoms with E-state index in [-0.39, 0.29) is 17.8 Å². The summed E-state index contributed by atoms with van der Waals surface area (Å²) in [5, 5.41) is 6.70. The molecule has 0 aliphatic carbocycles. The molecule has 0 aliphatic heterocycles. The summed E-state index contributed by atoms with van der Waals surface area (Å²) in [7, 11) is 0. The smallest absolute Gasteiger partial charge is 0.316 e. The molecule has 0 radical (unpaired) electrons. The second kappa shape index (κ2) is 7.50. The van der Waals surface area contributed by atoms with Crippen LogP contribution >= 0.6 is 0 Å². The van der Waals surface area contributed by atoms with Crippen molar-refractivity contribution >= 4 is 5.91 Å². The van der Waals surface area contributed by atoms with Gasteiger partial charge in [0.05, 0.1) is 0 Å². The highest BCUT2D eigenvalue weighted by atomic mass is 16.5. The maximum absolute atomic E-state index is 12.2. The molecular formula is C18H18N4O2. The highest BCUT2D eigenvalue weighted by molar-refractivity contribution is 5.90. The fourth-order valence-corrected chi connectivity index (χ4v) is 2.31. The normalized spacial score (nSPS) is 11.9. The van der Waals surface area contributed by atoms with E-state index in [4.69, 9.17) is 4.52 Å². The first-order valence-electron chi connectivity index (χ1n) is 7.81. The van der Waals surface area contributed by atoms with E-state index >= 15 is 0 Å². The third-order valence-electron chi connectivity index (χ3n) is 3.63. The quantitative estimate of drug-likeness (QED) is 0.754. The van der Waals surface area contributed by atoms with Gasteiger partial charge in [-0.05, 0) is 37.5 Å². The molecule has 24 heavy (non-hydrogen) atoms. The Morgan fingerprint density at radius 3 is 2.79 bits per heavy atom. The minimum absolute atomic E-state index is 0.00597. The molecular weight excluding hydrogens is 304 g/mol. The summed E-state index contributed by atoms with van der Waals surface area (Å²) in [6.45, 7) is 1.96. The molecule has 1 amide bonds. The highest BCUT2D eigenvalue weighted by Crippen LogP contribution is 2.13. The lowest BCUT2D eigenvalue weighted by molar-refractivity contribution is 0.0894. The minimum Gasteiger partial charge on any atom is -0.345 e. The van der Waals surface area contributed by atoms with Crippen LogP contribution in [0.15, 0.2) is 59.4 Å². The minimum atomic E-state index is -0.363. The van der Waals surface area contributed by atoms with Gasteiger partial charge in [-0.3, -0.25) is 9.78 Å². The van der Waals surface area contributed by atoms with Crippen molar-refractivity contribution in [3.8, 4) is 11.4 Å². The summed E-state index contributed by atoms with van der Waals surface area (Å²) >= 11 is 0. The first-order valence-corrected chi connectivity index (χ1v) is 7.81. The Morgan fingerprint density at radius 1 is 1.21 bits per heavy atom. The predicted octanol–water partition coefficient (Wildman–Crippen LogP) is 2.88. The molecule has 0 fully saturated rings. The van der Waals surface area contributed by atoms with E-state index in [9.17, 15) is 4.79 Å². The molecule has 0 bridgehead atoms. The van der Waals surface area contributed by atoms with E-state index in [2.05, 4.69) is 32.6 Å². The lowest BCUT2D eigenvalue weighted by Crippen LogP contribution is -2.33. The lowest BCUT2D eigenvalue weighted by atomic mass is 10.1. The number of hydrogen-bond acceptors (Lipinski definition) is 5. The van der Waals surface area contributed by atoms with E-state index in [1.54, 1.807) is 18.5 Å². The van der Waals surface area contributed by atoms with Crippen LogP contribution < -0.4 is 5.32 Å². The average molecular weight is 322 g/mol. The van der Waals surface area contributed by atoms with Gasteiger partial charge >= 0.3 is 11.8 Å². The average Bonchev–Trinajstić information content (AvgIpc) is 3.12.